The molecule has 0 saturated carbocycles. The Morgan fingerprint density at radius 1 is 1.70 bits per heavy atom. The second-order valence-corrected chi connectivity index (χ2v) is 2.91. The van der Waals surface area contributed by atoms with Crippen molar-refractivity contribution in [3.8, 4) is 0 Å². The first-order valence-electron chi connectivity index (χ1n) is 3.56. The van der Waals surface area contributed by atoms with Crippen molar-refractivity contribution in [1.29, 1.82) is 0 Å². The van der Waals surface area contributed by atoms with Crippen LogP contribution in [0.25, 0.3) is 0 Å². The molecule has 0 radical (unpaired) electrons. The van der Waals surface area contributed by atoms with E-state index in [2.05, 4.69) is 0 Å². The molecule has 1 rings (SSSR count). The van der Waals surface area contributed by atoms with Gasteiger partial charge in [0, 0.05) is 19.5 Å². The predicted molar refractivity (Wildman–Crippen MR) is 37.5 cm³/mol. The van der Waals surface area contributed by atoms with E-state index in [-0.39, 0.29) is 18.1 Å². The highest BCUT2D eigenvalue weighted by molar-refractivity contribution is 5.73. The molecule has 2 atom stereocenters. The van der Waals surface area contributed by atoms with Crippen LogP contribution in [0.3, 0.4) is 0 Å². The summed E-state index contributed by atoms with van der Waals surface area (Å²) in [5.41, 5.74) is 0. The molecule has 1 aliphatic heterocycles. The number of hydrogen-bond acceptors (Lipinski definition) is 2. The Labute approximate surface area is 60.6 Å². The topological polar surface area (TPSA) is 40.5 Å². The monoisotopic (exact) mass is 143 g/mol. The van der Waals surface area contributed by atoms with E-state index in [1.165, 1.54) is 6.92 Å². The Morgan fingerprint density at radius 3 is 2.50 bits per heavy atom. The molecule has 1 amide bonds. The van der Waals surface area contributed by atoms with E-state index in [9.17, 15) is 4.79 Å². The number of aliphatic hydroxyl groups excluding tert-OH is 1. The molecule has 0 aromatic rings. The molecule has 0 spiro atoms. The van der Waals surface area contributed by atoms with E-state index in [1.54, 1.807) is 4.90 Å². The van der Waals surface area contributed by atoms with E-state index in [0.29, 0.717) is 6.54 Å². The molecule has 58 valence electrons. The van der Waals surface area contributed by atoms with E-state index >= 15 is 0 Å². The number of hydrogen-bond donors (Lipinski definition) is 1. The molecule has 1 fully saturated rings. The van der Waals surface area contributed by atoms with Crippen LogP contribution in [0.1, 0.15) is 20.3 Å². The predicted octanol–water partition coefficient (Wildman–Crippen LogP) is -0.0120. The van der Waals surface area contributed by atoms with Crippen LogP contribution in [-0.2, 0) is 4.79 Å². The third-order valence-corrected chi connectivity index (χ3v) is 1.96. The quantitative estimate of drug-likeness (QED) is 0.518. The molecule has 1 heterocycles. The molecule has 2 unspecified atom stereocenters. The number of β-amino-alcohol motifs (C(OH)–C–C–N with tert-alkyl or cyclic N) is 1. The summed E-state index contributed by atoms with van der Waals surface area (Å²) in [4.78, 5) is 12.5. The third kappa shape index (κ3) is 1.29. The Kier molecular flexibility index (Phi) is 1.94. The highest BCUT2D eigenvalue weighted by Gasteiger charge is 2.28. The van der Waals surface area contributed by atoms with Gasteiger partial charge in [-0.25, -0.2) is 0 Å². The molecule has 0 aliphatic carbocycles. The zero-order chi connectivity index (χ0) is 7.72. The van der Waals surface area contributed by atoms with Gasteiger partial charge in [0.2, 0.25) is 5.91 Å². The van der Waals surface area contributed by atoms with Gasteiger partial charge >= 0.3 is 0 Å². The van der Waals surface area contributed by atoms with Crippen molar-refractivity contribution >= 4 is 5.91 Å². The van der Waals surface area contributed by atoms with Crippen LogP contribution in [-0.4, -0.2) is 34.6 Å². The fraction of sp³-hybridized carbons (Fsp3) is 0.857. The number of aliphatic hydroxyl groups is 1. The average molecular weight is 143 g/mol. The summed E-state index contributed by atoms with van der Waals surface area (Å²) in [6.45, 7) is 4.00. The summed E-state index contributed by atoms with van der Waals surface area (Å²) in [7, 11) is 0. The maximum absolute atomic E-state index is 10.8. The van der Waals surface area contributed by atoms with E-state index < -0.39 is 0 Å². The smallest absolute Gasteiger partial charge is 0.219 e. The summed E-state index contributed by atoms with van der Waals surface area (Å²) in [5, 5.41) is 9.12. The third-order valence-electron chi connectivity index (χ3n) is 1.96. The van der Waals surface area contributed by atoms with Crippen LogP contribution in [0.5, 0.6) is 0 Å². The van der Waals surface area contributed by atoms with Gasteiger partial charge in [0.05, 0.1) is 6.10 Å². The maximum Gasteiger partial charge on any atom is 0.219 e. The second kappa shape index (κ2) is 2.58. The Bertz CT molecular complexity index is 147. The first-order chi connectivity index (χ1) is 4.61. The molecule has 0 aromatic heterocycles. The van der Waals surface area contributed by atoms with Crippen molar-refractivity contribution in [3.63, 3.8) is 0 Å². The van der Waals surface area contributed by atoms with Gasteiger partial charge in [0.1, 0.15) is 0 Å². The summed E-state index contributed by atoms with van der Waals surface area (Å²) >= 11 is 0. The lowest BCUT2D eigenvalue weighted by Crippen LogP contribution is -2.32. The van der Waals surface area contributed by atoms with Gasteiger partial charge < -0.3 is 10.0 Å². The zero-order valence-electron chi connectivity index (χ0n) is 6.37. The zero-order valence-corrected chi connectivity index (χ0v) is 6.37. The van der Waals surface area contributed by atoms with E-state index in [1.807, 2.05) is 6.92 Å². The molecular formula is C7H13NO2. The van der Waals surface area contributed by atoms with Gasteiger partial charge in [-0.2, -0.15) is 0 Å². The van der Waals surface area contributed by atoms with Crippen molar-refractivity contribution in [3.05, 3.63) is 0 Å². The lowest BCUT2D eigenvalue weighted by Gasteiger charge is -2.18. The van der Waals surface area contributed by atoms with Crippen LogP contribution in [0.2, 0.25) is 0 Å². The second-order valence-electron chi connectivity index (χ2n) is 2.91. The summed E-state index contributed by atoms with van der Waals surface area (Å²) in [6, 6.07) is 0.215. The fourth-order valence-electron chi connectivity index (χ4n) is 1.44. The molecule has 0 bridgehead atoms. The van der Waals surface area contributed by atoms with Crippen molar-refractivity contribution < 1.29 is 9.90 Å². The Hall–Kier alpha value is -0.570. The molecule has 3 nitrogen and oxygen atoms in total. The highest BCUT2D eigenvalue weighted by atomic mass is 16.3. The first kappa shape index (κ1) is 7.54. The van der Waals surface area contributed by atoms with Crippen molar-refractivity contribution in [2.24, 2.45) is 0 Å². The summed E-state index contributed by atoms with van der Waals surface area (Å²) < 4.78 is 0. The molecule has 1 N–H and O–H groups in total. The van der Waals surface area contributed by atoms with Crippen LogP contribution in [0.15, 0.2) is 0 Å². The SMILES string of the molecule is CC(=O)N1CC(O)CC1C. The van der Waals surface area contributed by atoms with Gasteiger partial charge in [-0.1, -0.05) is 0 Å². The van der Waals surface area contributed by atoms with Gasteiger partial charge in [-0.05, 0) is 13.3 Å². The fourth-order valence-corrected chi connectivity index (χ4v) is 1.44. The number of carbonyl (C=O) groups is 1. The number of rotatable bonds is 0. The molecular weight excluding hydrogens is 130 g/mol. The minimum absolute atomic E-state index is 0.0593. The Balaban J connectivity index is 2.54. The number of likely N-dealkylation sites (tertiary alicyclic amines) is 1. The van der Waals surface area contributed by atoms with Crippen LogP contribution >= 0.6 is 0 Å². The van der Waals surface area contributed by atoms with Crippen molar-refractivity contribution in [1.82, 2.24) is 4.90 Å². The number of carbonyl (C=O) groups excluding carboxylic acids is 1. The normalized spacial score (nSPS) is 32.9. The molecule has 10 heavy (non-hydrogen) atoms. The minimum atomic E-state index is -0.307. The van der Waals surface area contributed by atoms with Crippen LogP contribution in [0.4, 0.5) is 0 Å². The van der Waals surface area contributed by atoms with Crippen LogP contribution < -0.4 is 0 Å². The maximum atomic E-state index is 10.8. The van der Waals surface area contributed by atoms with Crippen molar-refractivity contribution in [2.45, 2.75) is 32.4 Å². The summed E-state index contributed by atoms with van der Waals surface area (Å²) in [5.74, 6) is 0.0593. The summed E-state index contributed by atoms with van der Waals surface area (Å²) in [6.07, 6.45) is 0.415. The van der Waals surface area contributed by atoms with E-state index in [4.69, 9.17) is 5.11 Å². The lowest BCUT2D eigenvalue weighted by molar-refractivity contribution is -0.129. The molecule has 1 saturated heterocycles. The van der Waals surface area contributed by atoms with Gasteiger partial charge in [0.25, 0.3) is 0 Å². The lowest BCUT2D eigenvalue weighted by atomic mass is 10.2. The van der Waals surface area contributed by atoms with Gasteiger partial charge in [0.15, 0.2) is 0 Å². The van der Waals surface area contributed by atoms with Crippen LogP contribution in [0, 0.1) is 0 Å². The number of amides is 1. The highest BCUT2D eigenvalue weighted by Crippen LogP contribution is 2.16. The number of nitrogens with zero attached hydrogens (tertiary/aromatic N) is 1. The largest absolute Gasteiger partial charge is 0.391 e. The van der Waals surface area contributed by atoms with Gasteiger partial charge in [-0.3, -0.25) is 4.79 Å². The van der Waals surface area contributed by atoms with E-state index in [0.717, 1.165) is 6.42 Å². The minimum Gasteiger partial charge on any atom is -0.391 e. The Morgan fingerprint density at radius 2 is 2.30 bits per heavy atom. The standard InChI is InChI=1S/C7H13NO2/c1-5-3-7(10)4-8(5)6(2)9/h5,7,10H,3-4H2,1-2H3. The molecule has 0 aromatic carbocycles. The van der Waals surface area contributed by atoms with Crippen molar-refractivity contribution in [2.75, 3.05) is 6.54 Å². The van der Waals surface area contributed by atoms with Gasteiger partial charge in [-0.15, -0.1) is 0 Å². The average Bonchev–Trinajstić information content (AvgIpc) is 2.10. The first-order valence-corrected chi connectivity index (χ1v) is 3.56. The molecule has 3 heteroatoms. The molecule has 1 aliphatic rings.